The molecule has 1 aromatic heterocycles. The maximum Gasteiger partial charge on any atom is 0.120 e. The Morgan fingerprint density at radius 1 is 1.00 bits per heavy atom. The largest absolute Gasteiger partial charge is 0.378 e. The number of nitrogens with zero attached hydrogens (tertiary/aromatic N) is 1. The van der Waals surface area contributed by atoms with Crippen molar-refractivity contribution in [2.45, 2.75) is 10.5 Å². The van der Waals surface area contributed by atoms with Gasteiger partial charge in [0.15, 0.2) is 0 Å². The third kappa shape index (κ3) is 2.61. The predicted molar refractivity (Wildman–Crippen MR) is 95.4 cm³/mol. The molecule has 0 atom stereocenters. The molecule has 1 fully saturated rings. The van der Waals surface area contributed by atoms with Gasteiger partial charge in [0.1, 0.15) is 4.08 Å². The topological polar surface area (TPSA) is 3.24 Å². The van der Waals surface area contributed by atoms with Gasteiger partial charge in [-0.05, 0) is 47.1 Å². The van der Waals surface area contributed by atoms with Crippen LogP contribution in [0, 0.1) is 0 Å². The number of hydrogen-bond donors (Lipinski definition) is 0. The van der Waals surface area contributed by atoms with Gasteiger partial charge in [-0.2, -0.15) is 0 Å². The van der Waals surface area contributed by atoms with Crippen LogP contribution in [0.2, 0.25) is 0 Å². The fourth-order valence-corrected chi connectivity index (χ4v) is 7.00. The van der Waals surface area contributed by atoms with Crippen molar-refractivity contribution < 1.29 is 0 Å². The van der Waals surface area contributed by atoms with Crippen molar-refractivity contribution in [3.8, 4) is 0 Å². The van der Waals surface area contributed by atoms with Gasteiger partial charge in [0.05, 0.1) is 0 Å². The lowest BCUT2D eigenvalue weighted by molar-refractivity contribution is 1.02. The van der Waals surface area contributed by atoms with Crippen LogP contribution in [0.15, 0.2) is 41.8 Å². The Bertz CT molecular complexity index is 540. The smallest absolute Gasteiger partial charge is 0.120 e. The molecule has 0 unspecified atom stereocenters. The van der Waals surface area contributed by atoms with Gasteiger partial charge >= 0.3 is 0 Å². The van der Waals surface area contributed by atoms with Gasteiger partial charge in [0.2, 0.25) is 0 Å². The van der Waals surface area contributed by atoms with Crippen molar-refractivity contribution in [2.75, 3.05) is 30.5 Å². The molecule has 1 aliphatic rings. The maximum absolute atomic E-state index is 2.31. The summed E-state index contributed by atoms with van der Waals surface area (Å²) in [5, 5.41) is 2.20. The molecular formula is C16H19NS3. The fraction of sp³-hybridized carbons (Fsp3) is 0.375. The third-order valence-corrected chi connectivity index (χ3v) is 8.17. The first kappa shape index (κ1) is 14.4. The standard InChI is InChI=1S/C16H19NS3/c1-17(2)14-8-6-13(7-9-14)16(15-5-3-10-18-15)19-11-4-12-20-16/h3,5-10H,4,11-12H2,1-2H3. The lowest BCUT2D eigenvalue weighted by Gasteiger charge is -2.36. The summed E-state index contributed by atoms with van der Waals surface area (Å²) in [5.41, 5.74) is 2.70. The molecule has 1 saturated heterocycles. The van der Waals surface area contributed by atoms with Crippen molar-refractivity contribution >= 4 is 40.5 Å². The molecule has 2 aromatic rings. The SMILES string of the molecule is CN(C)c1ccc(C2(c3cccs3)SCCCS2)cc1. The number of rotatable bonds is 3. The van der Waals surface area contributed by atoms with Crippen LogP contribution in [0.3, 0.4) is 0 Å². The first-order valence-electron chi connectivity index (χ1n) is 6.82. The summed E-state index contributed by atoms with van der Waals surface area (Å²) in [5.74, 6) is 2.50. The maximum atomic E-state index is 2.31. The van der Waals surface area contributed by atoms with Crippen LogP contribution in [0.1, 0.15) is 16.9 Å². The second-order valence-corrected chi connectivity index (χ2v) is 8.91. The summed E-state index contributed by atoms with van der Waals surface area (Å²) in [4.78, 5) is 3.63. The molecule has 0 spiro atoms. The number of thiophene rings is 1. The normalized spacial score (nSPS) is 17.9. The number of anilines is 1. The van der Waals surface area contributed by atoms with Gasteiger partial charge in [0.25, 0.3) is 0 Å². The van der Waals surface area contributed by atoms with E-state index in [1.54, 1.807) is 0 Å². The van der Waals surface area contributed by atoms with E-state index in [2.05, 4.69) is 84.3 Å². The molecule has 1 aromatic carbocycles. The molecular weight excluding hydrogens is 302 g/mol. The summed E-state index contributed by atoms with van der Waals surface area (Å²) in [6.45, 7) is 0. The molecule has 0 bridgehead atoms. The molecule has 0 radical (unpaired) electrons. The molecule has 106 valence electrons. The summed E-state index contributed by atoms with van der Waals surface area (Å²) in [6.07, 6.45) is 1.32. The highest BCUT2D eigenvalue weighted by Crippen LogP contribution is 2.56. The summed E-state index contributed by atoms with van der Waals surface area (Å²) in [7, 11) is 4.18. The van der Waals surface area contributed by atoms with E-state index in [-0.39, 0.29) is 4.08 Å². The average molecular weight is 322 g/mol. The Morgan fingerprint density at radius 2 is 1.70 bits per heavy atom. The van der Waals surface area contributed by atoms with Crippen LogP contribution in [0.4, 0.5) is 5.69 Å². The zero-order chi connectivity index (χ0) is 14.0. The molecule has 0 saturated carbocycles. The van der Waals surface area contributed by atoms with Gasteiger partial charge in [-0.1, -0.05) is 18.2 Å². The molecule has 3 rings (SSSR count). The van der Waals surface area contributed by atoms with E-state index in [0.717, 1.165) is 0 Å². The zero-order valence-corrected chi connectivity index (χ0v) is 14.3. The van der Waals surface area contributed by atoms with Crippen molar-refractivity contribution in [1.82, 2.24) is 0 Å². The average Bonchev–Trinajstić information content (AvgIpc) is 3.03. The van der Waals surface area contributed by atoms with Crippen LogP contribution < -0.4 is 4.90 Å². The second-order valence-electron chi connectivity index (χ2n) is 5.09. The molecule has 0 N–H and O–H groups in total. The predicted octanol–water partition coefficient (Wildman–Crippen LogP) is 4.89. The van der Waals surface area contributed by atoms with Crippen molar-refractivity contribution in [3.05, 3.63) is 52.2 Å². The summed E-state index contributed by atoms with van der Waals surface area (Å²) >= 11 is 6.07. The molecule has 2 heterocycles. The van der Waals surface area contributed by atoms with E-state index >= 15 is 0 Å². The van der Waals surface area contributed by atoms with Gasteiger partial charge in [-0.15, -0.1) is 34.9 Å². The molecule has 0 aliphatic carbocycles. The molecule has 0 amide bonds. The van der Waals surface area contributed by atoms with Crippen molar-refractivity contribution in [3.63, 3.8) is 0 Å². The van der Waals surface area contributed by atoms with E-state index in [1.807, 2.05) is 11.3 Å². The fourth-order valence-electron chi connectivity index (χ4n) is 2.43. The molecule has 1 aliphatic heterocycles. The van der Waals surface area contributed by atoms with Crippen LogP contribution in [-0.2, 0) is 4.08 Å². The first-order chi connectivity index (χ1) is 9.72. The number of benzene rings is 1. The van der Waals surface area contributed by atoms with E-state index < -0.39 is 0 Å². The van der Waals surface area contributed by atoms with E-state index in [9.17, 15) is 0 Å². The van der Waals surface area contributed by atoms with Crippen molar-refractivity contribution in [1.29, 1.82) is 0 Å². The highest BCUT2D eigenvalue weighted by Gasteiger charge is 2.38. The molecule has 20 heavy (non-hydrogen) atoms. The quantitative estimate of drug-likeness (QED) is 0.793. The van der Waals surface area contributed by atoms with Crippen LogP contribution in [-0.4, -0.2) is 25.6 Å². The minimum absolute atomic E-state index is 0.108. The van der Waals surface area contributed by atoms with E-state index in [1.165, 1.54) is 34.1 Å². The van der Waals surface area contributed by atoms with E-state index in [4.69, 9.17) is 0 Å². The Kier molecular flexibility index (Phi) is 4.34. The molecule has 4 heteroatoms. The van der Waals surface area contributed by atoms with Crippen LogP contribution >= 0.6 is 34.9 Å². The Labute approximate surface area is 133 Å². The highest BCUT2D eigenvalue weighted by atomic mass is 32.2. The summed E-state index contributed by atoms with van der Waals surface area (Å²) < 4.78 is 0.108. The third-order valence-electron chi connectivity index (χ3n) is 3.51. The summed E-state index contributed by atoms with van der Waals surface area (Å²) in [6, 6.07) is 13.5. The van der Waals surface area contributed by atoms with Gasteiger partial charge in [-0.3, -0.25) is 0 Å². The number of thioether (sulfide) groups is 2. The van der Waals surface area contributed by atoms with Crippen LogP contribution in [0.25, 0.3) is 0 Å². The Morgan fingerprint density at radius 3 is 2.25 bits per heavy atom. The first-order valence-corrected chi connectivity index (χ1v) is 9.67. The minimum atomic E-state index is 0.108. The van der Waals surface area contributed by atoms with Crippen molar-refractivity contribution in [2.24, 2.45) is 0 Å². The second kappa shape index (κ2) is 6.04. The Balaban J connectivity index is 2.01. The highest BCUT2D eigenvalue weighted by molar-refractivity contribution is 8.18. The van der Waals surface area contributed by atoms with Gasteiger partial charge in [0, 0.05) is 24.7 Å². The van der Waals surface area contributed by atoms with Gasteiger partial charge < -0.3 is 4.90 Å². The van der Waals surface area contributed by atoms with Gasteiger partial charge in [-0.25, -0.2) is 0 Å². The Hall–Kier alpha value is -0.580. The number of hydrogen-bond acceptors (Lipinski definition) is 4. The lowest BCUT2D eigenvalue weighted by Crippen LogP contribution is -2.23. The lowest BCUT2D eigenvalue weighted by atomic mass is 10.1. The zero-order valence-electron chi connectivity index (χ0n) is 11.8. The minimum Gasteiger partial charge on any atom is -0.378 e. The van der Waals surface area contributed by atoms with Crippen LogP contribution in [0.5, 0.6) is 0 Å². The van der Waals surface area contributed by atoms with E-state index in [0.29, 0.717) is 0 Å². The monoisotopic (exact) mass is 321 g/mol. The molecule has 1 nitrogen and oxygen atoms in total.